The Bertz CT molecular complexity index is 897. The van der Waals surface area contributed by atoms with E-state index < -0.39 is 0 Å². The number of aliphatic hydroxyl groups excluding tert-OH is 1. The van der Waals surface area contributed by atoms with Crippen molar-refractivity contribution in [3.8, 4) is 5.75 Å². The molecule has 3 N–H and O–H groups in total. The molecule has 0 radical (unpaired) electrons. The number of carbonyl (C=O) groups is 1. The van der Waals surface area contributed by atoms with Gasteiger partial charge in [0.1, 0.15) is 5.75 Å². The van der Waals surface area contributed by atoms with Crippen LogP contribution in [-0.4, -0.2) is 17.7 Å². The molecule has 5 nitrogen and oxygen atoms in total. The summed E-state index contributed by atoms with van der Waals surface area (Å²) in [6.07, 6.45) is 0.825. The minimum absolute atomic E-state index is 0.0168. The Morgan fingerprint density at radius 1 is 0.857 bits per heavy atom. The Hall–Kier alpha value is -3.31. The van der Waals surface area contributed by atoms with Gasteiger partial charge in [-0.3, -0.25) is 0 Å². The van der Waals surface area contributed by atoms with Crippen LogP contribution in [0.2, 0.25) is 0 Å². The van der Waals surface area contributed by atoms with Gasteiger partial charge in [0, 0.05) is 24.7 Å². The number of ether oxygens (including phenoxy) is 1. The predicted octanol–water partition coefficient (Wildman–Crippen LogP) is 4.12. The summed E-state index contributed by atoms with van der Waals surface area (Å²) in [4.78, 5) is 12.1. The molecule has 0 aliphatic rings. The number of anilines is 1. The molecule has 0 fully saturated rings. The minimum atomic E-state index is -0.296. The van der Waals surface area contributed by atoms with Crippen LogP contribution < -0.4 is 15.4 Å². The number of hydrogen-bond donors (Lipinski definition) is 3. The quantitative estimate of drug-likeness (QED) is 0.554. The van der Waals surface area contributed by atoms with Crippen LogP contribution in [0.15, 0.2) is 78.9 Å². The first-order chi connectivity index (χ1) is 13.7. The lowest BCUT2D eigenvalue weighted by atomic mass is 10.1. The SMILES string of the molecule is O=C(NCc1cccc(CO)c1)Nc1cccc(OCCc2ccccc2)c1. The molecule has 0 saturated carbocycles. The van der Waals surface area contributed by atoms with Crippen molar-refractivity contribution in [1.29, 1.82) is 0 Å². The van der Waals surface area contributed by atoms with Crippen molar-refractivity contribution >= 4 is 11.7 Å². The average Bonchev–Trinajstić information content (AvgIpc) is 2.73. The maximum atomic E-state index is 12.1. The zero-order chi connectivity index (χ0) is 19.6. The van der Waals surface area contributed by atoms with E-state index in [4.69, 9.17) is 4.74 Å². The average molecular weight is 376 g/mol. The van der Waals surface area contributed by atoms with E-state index in [1.54, 1.807) is 6.07 Å². The number of rotatable bonds is 8. The molecule has 0 aromatic heterocycles. The largest absolute Gasteiger partial charge is 0.493 e. The van der Waals surface area contributed by atoms with E-state index in [2.05, 4.69) is 22.8 Å². The van der Waals surface area contributed by atoms with Gasteiger partial charge in [-0.25, -0.2) is 4.79 Å². The molecule has 0 bridgehead atoms. The third-order valence-corrected chi connectivity index (χ3v) is 4.22. The monoisotopic (exact) mass is 376 g/mol. The molecular weight excluding hydrogens is 352 g/mol. The van der Waals surface area contributed by atoms with E-state index in [0.29, 0.717) is 24.6 Å². The van der Waals surface area contributed by atoms with Crippen LogP contribution in [-0.2, 0) is 19.6 Å². The van der Waals surface area contributed by atoms with Crippen LogP contribution in [0.3, 0.4) is 0 Å². The highest BCUT2D eigenvalue weighted by Gasteiger charge is 2.04. The highest BCUT2D eigenvalue weighted by Crippen LogP contribution is 2.17. The van der Waals surface area contributed by atoms with E-state index in [9.17, 15) is 9.90 Å². The molecule has 0 atom stereocenters. The molecule has 3 aromatic carbocycles. The molecular formula is C23H24N2O3. The predicted molar refractivity (Wildman–Crippen MR) is 110 cm³/mol. The van der Waals surface area contributed by atoms with Crippen LogP contribution in [0.4, 0.5) is 10.5 Å². The second kappa shape index (κ2) is 10.1. The van der Waals surface area contributed by atoms with Gasteiger partial charge in [-0.05, 0) is 28.8 Å². The second-order valence-electron chi connectivity index (χ2n) is 6.40. The summed E-state index contributed by atoms with van der Waals surface area (Å²) in [6.45, 7) is 0.935. The molecule has 144 valence electrons. The molecule has 2 amide bonds. The van der Waals surface area contributed by atoms with E-state index in [-0.39, 0.29) is 12.6 Å². The Labute approximate surface area is 165 Å². The zero-order valence-electron chi connectivity index (χ0n) is 15.6. The van der Waals surface area contributed by atoms with E-state index in [0.717, 1.165) is 17.5 Å². The highest BCUT2D eigenvalue weighted by molar-refractivity contribution is 5.89. The molecule has 0 aliphatic heterocycles. The summed E-state index contributed by atoms with van der Waals surface area (Å²) in [5.41, 5.74) is 3.64. The first-order valence-electron chi connectivity index (χ1n) is 9.23. The van der Waals surface area contributed by atoms with E-state index in [1.165, 1.54) is 5.56 Å². The molecule has 0 aliphatic carbocycles. The number of hydrogen-bond acceptors (Lipinski definition) is 3. The minimum Gasteiger partial charge on any atom is -0.493 e. The standard InChI is InChI=1S/C23H24N2O3/c26-17-20-9-4-8-19(14-20)16-24-23(27)25-21-10-5-11-22(15-21)28-13-12-18-6-2-1-3-7-18/h1-11,14-15,26H,12-13,16-17H2,(H2,24,25,27). The first kappa shape index (κ1) is 19.5. The lowest BCUT2D eigenvalue weighted by Crippen LogP contribution is -2.28. The van der Waals surface area contributed by atoms with Gasteiger partial charge in [0.2, 0.25) is 0 Å². The fourth-order valence-corrected chi connectivity index (χ4v) is 2.79. The number of benzene rings is 3. The van der Waals surface area contributed by atoms with Crippen molar-refractivity contribution in [3.63, 3.8) is 0 Å². The van der Waals surface area contributed by atoms with Crippen LogP contribution in [0.1, 0.15) is 16.7 Å². The van der Waals surface area contributed by atoms with Gasteiger partial charge in [-0.15, -0.1) is 0 Å². The second-order valence-corrected chi connectivity index (χ2v) is 6.40. The van der Waals surface area contributed by atoms with Gasteiger partial charge in [0.15, 0.2) is 0 Å². The Morgan fingerprint density at radius 2 is 1.61 bits per heavy atom. The summed E-state index contributed by atoms with van der Waals surface area (Å²) < 4.78 is 5.79. The number of carbonyl (C=O) groups excluding carboxylic acids is 1. The molecule has 28 heavy (non-hydrogen) atoms. The molecule has 3 aromatic rings. The third-order valence-electron chi connectivity index (χ3n) is 4.22. The van der Waals surface area contributed by atoms with Gasteiger partial charge < -0.3 is 20.5 Å². The summed E-state index contributed by atoms with van der Waals surface area (Å²) in [5.74, 6) is 0.712. The van der Waals surface area contributed by atoms with Crippen molar-refractivity contribution in [1.82, 2.24) is 5.32 Å². The topological polar surface area (TPSA) is 70.6 Å². The lowest BCUT2D eigenvalue weighted by molar-refractivity contribution is 0.251. The van der Waals surface area contributed by atoms with E-state index >= 15 is 0 Å². The number of urea groups is 1. The molecule has 0 unspecified atom stereocenters. The number of aliphatic hydroxyl groups is 1. The van der Waals surface area contributed by atoms with Crippen LogP contribution >= 0.6 is 0 Å². The van der Waals surface area contributed by atoms with Crippen molar-refractivity contribution < 1.29 is 14.6 Å². The normalized spacial score (nSPS) is 10.3. The van der Waals surface area contributed by atoms with Crippen LogP contribution in [0.25, 0.3) is 0 Å². The van der Waals surface area contributed by atoms with Crippen molar-refractivity contribution in [2.45, 2.75) is 19.6 Å². The van der Waals surface area contributed by atoms with Crippen LogP contribution in [0, 0.1) is 0 Å². The van der Waals surface area contributed by atoms with Crippen LogP contribution in [0.5, 0.6) is 5.75 Å². The molecule has 0 spiro atoms. The summed E-state index contributed by atoms with van der Waals surface area (Å²) >= 11 is 0. The Kier molecular flexibility index (Phi) is 7.04. The zero-order valence-corrected chi connectivity index (χ0v) is 15.6. The summed E-state index contributed by atoms with van der Waals surface area (Å²) in [5, 5.41) is 14.8. The van der Waals surface area contributed by atoms with Crippen molar-refractivity contribution in [2.24, 2.45) is 0 Å². The van der Waals surface area contributed by atoms with Crippen molar-refractivity contribution in [2.75, 3.05) is 11.9 Å². The number of nitrogens with one attached hydrogen (secondary N) is 2. The van der Waals surface area contributed by atoms with Gasteiger partial charge in [-0.1, -0.05) is 60.7 Å². The molecule has 0 heterocycles. The van der Waals surface area contributed by atoms with Gasteiger partial charge >= 0.3 is 6.03 Å². The van der Waals surface area contributed by atoms with Gasteiger partial charge in [0.25, 0.3) is 0 Å². The Balaban J connectivity index is 1.47. The molecule has 3 rings (SSSR count). The smallest absolute Gasteiger partial charge is 0.319 e. The van der Waals surface area contributed by atoms with Gasteiger partial charge in [0.05, 0.1) is 13.2 Å². The fraction of sp³-hybridized carbons (Fsp3) is 0.174. The number of amides is 2. The third kappa shape index (κ3) is 6.14. The first-order valence-corrected chi connectivity index (χ1v) is 9.23. The maximum absolute atomic E-state index is 12.1. The maximum Gasteiger partial charge on any atom is 0.319 e. The highest BCUT2D eigenvalue weighted by atomic mass is 16.5. The van der Waals surface area contributed by atoms with Crippen molar-refractivity contribution in [3.05, 3.63) is 95.6 Å². The summed E-state index contributed by atoms with van der Waals surface area (Å²) in [6, 6.07) is 24.7. The lowest BCUT2D eigenvalue weighted by Gasteiger charge is -2.11. The summed E-state index contributed by atoms with van der Waals surface area (Å²) in [7, 11) is 0. The van der Waals surface area contributed by atoms with Gasteiger partial charge in [-0.2, -0.15) is 0 Å². The molecule has 0 saturated heterocycles. The van der Waals surface area contributed by atoms with E-state index in [1.807, 2.05) is 60.7 Å². The molecule has 5 heteroatoms. The Morgan fingerprint density at radius 3 is 2.43 bits per heavy atom. The fourth-order valence-electron chi connectivity index (χ4n) is 2.79.